The van der Waals surface area contributed by atoms with Gasteiger partial charge < -0.3 is 5.32 Å². The Morgan fingerprint density at radius 2 is 1.48 bits per heavy atom. The van der Waals surface area contributed by atoms with E-state index in [1.54, 1.807) is 0 Å². The minimum Gasteiger partial charge on any atom is -0.366 e. The summed E-state index contributed by atoms with van der Waals surface area (Å²) in [5, 5.41) is 3.82. The van der Waals surface area contributed by atoms with E-state index in [4.69, 9.17) is 4.99 Å². The van der Waals surface area contributed by atoms with Gasteiger partial charge in [0.05, 0.1) is 17.9 Å². The molecule has 0 spiro atoms. The van der Waals surface area contributed by atoms with Gasteiger partial charge in [0.15, 0.2) is 0 Å². The number of amidine groups is 1. The molecule has 136 valence electrons. The third-order valence-corrected chi connectivity index (χ3v) is 5.73. The average Bonchev–Trinajstić information content (AvgIpc) is 2.91. The fraction of sp³-hybridized carbons (Fsp3) is 0.952. The topological polar surface area (TPSA) is 24.4 Å². The van der Waals surface area contributed by atoms with Gasteiger partial charge in [-0.25, -0.2) is 0 Å². The number of hydrogen-bond acceptors (Lipinski definition) is 2. The van der Waals surface area contributed by atoms with Crippen molar-refractivity contribution in [1.29, 1.82) is 0 Å². The Kier molecular flexibility index (Phi) is 8.64. The SMILES string of the molecule is CCCCCCCCCCCC1=NCC(C(C)C)(C(C)(C)C)N1. The summed E-state index contributed by atoms with van der Waals surface area (Å²) < 4.78 is 0. The van der Waals surface area contributed by atoms with E-state index in [1.807, 2.05) is 0 Å². The molecule has 1 aliphatic heterocycles. The van der Waals surface area contributed by atoms with E-state index >= 15 is 0 Å². The molecule has 0 aliphatic carbocycles. The van der Waals surface area contributed by atoms with Gasteiger partial charge in [0.25, 0.3) is 0 Å². The van der Waals surface area contributed by atoms with Crippen LogP contribution in [0.2, 0.25) is 0 Å². The van der Waals surface area contributed by atoms with Crippen LogP contribution >= 0.6 is 0 Å². The summed E-state index contributed by atoms with van der Waals surface area (Å²) in [6.45, 7) is 14.9. The highest BCUT2D eigenvalue weighted by molar-refractivity contribution is 5.85. The Bertz CT molecular complexity index is 351. The summed E-state index contributed by atoms with van der Waals surface area (Å²) in [4.78, 5) is 4.85. The summed E-state index contributed by atoms with van der Waals surface area (Å²) in [7, 11) is 0. The quantitative estimate of drug-likeness (QED) is 0.440. The summed E-state index contributed by atoms with van der Waals surface area (Å²) in [5.41, 5.74) is 0.381. The Hall–Kier alpha value is -0.530. The van der Waals surface area contributed by atoms with Crippen molar-refractivity contribution >= 4 is 5.84 Å². The second-order valence-electron chi connectivity index (χ2n) is 8.84. The zero-order valence-corrected chi connectivity index (χ0v) is 16.8. The molecule has 1 N–H and O–H groups in total. The molecule has 0 aromatic heterocycles. The molecule has 0 saturated carbocycles. The Balaban J connectivity index is 2.18. The minimum absolute atomic E-state index is 0.140. The van der Waals surface area contributed by atoms with Crippen LogP contribution < -0.4 is 5.32 Å². The van der Waals surface area contributed by atoms with Crippen LogP contribution in [0.5, 0.6) is 0 Å². The number of unbranched alkanes of at least 4 members (excludes halogenated alkanes) is 8. The second kappa shape index (κ2) is 9.69. The predicted octanol–water partition coefficient (Wildman–Crippen LogP) is 6.35. The van der Waals surface area contributed by atoms with Gasteiger partial charge in [-0.1, -0.05) is 92.9 Å². The normalized spacial score (nSPS) is 21.6. The summed E-state index contributed by atoms with van der Waals surface area (Å²) >= 11 is 0. The molecule has 1 aliphatic rings. The predicted molar refractivity (Wildman–Crippen MR) is 104 cm³/mol. The van der Waals surface area contributed by atoms with E-state index in [0.717, 1.165) is 13.0 Å². The van der Waals surface area contributed by atoms with E-state index in [0.29, 0.717) is 5.92 Å². The molecule has 2 heteroatoms. The molecular weight excluding hydrogens is 280 g/mol. The van der Waals surface area contributed by atoms with Crippen LogP contribution in [-0.4, -0.2) is 17.9 Å². The number of hydrogen-bond donors (Lipinski definition) is 1. The molecule has 0 saturated heterocycles. The zero-order valence-electron chi connectivity index (χ0n) is 16.8. The molecule has 0 bridgehead atoms. The fourth-order valence-corrected chi connectivity index (χ4v) is 3.92. The Morgan fingerprint density at radius 1 is 0.957 bits per heavy atom. The lowest BCUT2D eigenvalue weighted by Crippen LogP contribution is -2.59. The van der Waals surface area contributed by atoms with Crippen LogP contribution in [0.1, 0.15) is 106 Å². The van der Waals surface area contributed by atoms with Crippen molar-refractivity contribution in [2.45, 2.75) is 111 Å². The first-order valence-electron chi connectivity index (χ1n) is 10.1. The maximum atomic E-state index is 4.85. The molecular formula is C21H42N2. The first-order chi connectivity index (χ1) is 10.8. The monoisotopic (exact) mass is 322 g/mol. The van der Waals surface area contributed by atoms with Gasteiger partial charge in [-0.2, -0.15) is 0 Å². The average molecular weight is 323 g/mol. The third kappa shape index (κ3) is 6.12. The van der Waals surface area contributed by atoms with Crippen molar-refractivity contribution in [3.8, 4) is 0 Å². The minimum atomic E-state index is 0.140. The molecule has 1 unspecified atom stereocenters. The molecule has 0 amide bonds. The molecule has 23 heavy (non-hydrogen) atoms. The molecule has 0 fully saturated rings. The molecule has 1 rings (SSSR count). The standard InChI is InChI=1S/C21H42N2/c1-7-8-9-10-11-12-13-14-15-16-19-22-17-21(23-19,18(2)3)20(4,5)6/h18H,7-17H2,1-6H3,(H,22,23). The lowest BCUT2D eigenvalue weighted by Gasteiger charge is -2.45. The number of nitrogens with one attached hydrogen (secondary N) is 1. The van der Waals surface area contributed by atoms with Gasteiger partial charge in [0.2, 0.25) is 0 Å². The van der Waals surface area contributed by atoms with Gasteiger partial charge in [-0.05, 0) is 17.8 Å². The molecule has 0 aromatic rings. The largest absolute Gasteiger partial charge is 0.366 e. The molecule has 1 atom stereocenters. The summed E-state index contributed by atoms with van der Waals surface area (Å²) in [6, 6.07) is 0. The van der Waals surface area contributed by atoms with Gasteiger partial charge in [-0.3, -0.25) is 4.99 Å². The molecule has 0 radical (unpaired) electrons. The van der Waals surface area contributed by atoms with Crippen LogP contribution in [0, 0.1) is 11.3 Å². The number of nitrogens with zero attached hydrogens (tertiary/aromatic N) is 1. The van der Waals surface area contributed by atoms with Crippen molar-refractivity contribution < 1.29 is 0 Å². The number of rotatable bonds is 11. The van der Waals surface area contributed by atoms with Crippen LogP contribution in [0.3, 0.4) is 0 Å². The maximum absolute atomic E-state index is 4.85. The lowest BCUT2D eigenvalue weighted by atomic mass is 9.67. The van der Waals surface area contributed by atoms with E-state index in [-0.39, 0.29) is 11.0 Å². The molecule has 1 heterocycles. The highest BCUT2D eigenvalue weighted by atomic mass is 15.2. The smallest absolute Gasteiger partial charge is 0.0969 e. The summed E-state index contributed by atoms with van der Waals surface area (Å²) in [5.74, 6) is 1.86. The number of aliphatic imine (C=N–C) groups is 1. The van der Waals surface area contributed by atoms with Gasteiger partial charge in [0, 0.05) is 6.42 Å². The Labute approximate surface area is 145 Å². The lowest BCUT2D eigenvalue weighted by molar-refractivity contribution is 0.124. The highest BCUT2D eigenvalue weighted by Crippen LogP contribution is 2.39. The first-order valence-corrected chi connectivity index (χ1v) is 10.1. The van der Waals surface area contributed by atoms with Crippen LogP contribution in [0.15, 0.2) is 4.99 Å². The Morgan fingerprint density at radius 3 is 1.91 bits per heavy atom. The maximum Gasteiger partial charge on any atom is 0.0969 e. The van der Waals surface area contributed by atoms with Crippen molar-refractivity contribution in [2.24, 2.45) is 16.3 Å². The zero-order chi connectivity index (χ0) is 17.3. The first kappa shape index (κ1) is 20.5. The van der Waals surface area contributed by atoms with Gasteiger partial charge in [-0.15, -0.1) is 0 Å². The van der Waals surface area contributed by atoms with E-state index in [2.05, 4.69) is 46.9 Å². The van der Waals surface area contributed by atoms with Crippen molar-refractivity contribution in [3.05, 3.63) is 0 Å². The van der Waals surface area contributed by atoms with Crippen molar-refractivity contribution in [1.82, 2.24) is 5.32 Å². The summed E-state index contributed by atoms with van der Waals surface area (Å²) in [6.07, 6.45) is 13.7. The van der Waals surface area contributed by atoms with Crippen molar-refractivity contribution in [3.63, 3.8) is 0 Å². The molecule has 0 aromatic carbocycles. The molecule has 2 nitrogen and oxygen atoms in total. The van der Waals surface area contributed by atoms with Crippen LogP contribution in [-0.2, 0) is 0 Å². The van der Waals surface area contributed by atoms with E-state index in [1.165, 1.54) is 63.6 Å². The van der Waals surface area contributed by atoms with E-state index < -0.39 is 0 Å². The second-order valence-corrected chi connectivity index (χ2v) is 8.84. The third-order valence-electron chi connectivity index (χ3n) is 5.73. The highest BCUT2D eigenvalue weighted by Gasteiger charge is 2.47. The van der Waals surface area contributed by atoms with Gasteiger partial charge in [0.1, 0.15) is 0 Å². The van der Waals surface area contributed by atoms with Gasteiger partial charge >= 0.3 is 0 Å². The van der Waals surface area contributed by atoms with Crippen LogP contribution in [0.25, 0.3) is 0 Å². The fourth-order valence-electron chi connectivity index (χ4n) is 3.92. The van der Waals surface area contributed by atoms with Crippen LogP contribution in [0.4, 0.5) is 0 Å². The van der Waals surface area contributed by atoms with Crippen molar-refractivity contribution in [2.75, 3.05) is 6.54 Å². The van der Waals surface area contributed by atoms with E-state index in [9.17, 15) is 0 Å².